The van der Waals surface area contributed by atoms with Crippen molar-refractivity contribution in [3.05, 3.63) is 24.0 Å². The average Bonchev–Trinajstić information content (AvgIpc) is 2.75. The number of rotatable bonds is 1. The molecule has 3 heterocycles. The number of hydrogen-bond acceptors (Lipinski definition) is 5. The van der Waals surface area contributed by atoms with Gasteiger partial charge in [-0.05, 0) is 26.8 Å². The molecule has 0 radical (unpaired) electrons. The highest BCUT2D eigenvalue weighted by molar-refractivity contribution is 5.69. The van der Waals surface area contributed by atoms with E-state index >= 15 is 0 Å². The summed E-state index contributed by atoms with van der Waals surface area (Å²) >= 11 is 0. The Morgan fingerprint density at radius 3 is 2.82 bits per heavy atom. The number of likely N-dealkylation sites (tertiary alicyclic amines) is 1. The Labute approximate surface area is 130 Å². The number of nitriles is 1. The topological polar surface area (TPSA) is 69.5 Å². The summed E-state index contributed by atoms with van der Waals surface area (Å²) in [6.45, 7) is 7.92. The van der Waals surface area contributed by atoms with Gasteiger partial charge in [0.05, 0.1) is 23.5 Å². The standard InChI is InChI=1S/C16H20N4O2/c1-16(2,3)22-15(21)19-8-12-9-20(14(12)10-19)13-4-11(5-17)6-18-7-13/h4,6-7,12,14H,8-10H2,1-3H3/t12-,14-/m0/s1. The zero-order valence-corrected chi connectivity index (χ0v) is 13.1. The molecule has 0 saturated carbocycles. The molecule has 0 spiro atoms. The van der Waals surface area contributed by atoms with Crippen LogP contribution in [-0.4, -0.2) is 47.3 Å². The van der Waals surface area contributed by atoms with Crippen LogP contribution in [0.3, 0.4) is 0 Å². The van der Waals surface area contributed by atoms with Crippen LogP contribution >= 0.6 is 0 Å². The minimum atomic E-state index is -0.469. The first-order valence-corrected chi connectivity index (χ1v) is 7.47. The fourth-order valence-electron chi connectivity index (χ4n) is 3.06. The summed E-state index contributed by atoms with van der Waals surface area (Å²) < 4.78 is 5.44. The number of carbonyl (C=O) groups excluding carboxylic acids is 1. The third kappa shape index (κ3) is 2.71. The molecular formula is C16H20N4O2. The highest BCUT2D eigenvalue weighted by Crippen LogP contribution is 2.36. The molecule has 2 aliphatic rings. The number of nitrogens with zero attached hydrogens (tertiary/aromatic N) is 4. The number of anilines is 1. The number of carbonyl (C=O) groups is 1. The second-order valence-electron chi connectivity index (χ2n) is 6.91. The van der Waals surface area contributed by atoms with E-state index in [0.29, 0.717) is 24.1 Å². The monoisotopic (exact) mass is 300 g/mol. The van der Waals surface area contributed by atoms with E-state index < -0.39 is 5.60 Å². The van der Waals surface area contributed by atoms with Crippen molar-refractivity contribution in [3.63, 3.8) is 0 Å². The normalized spacial score (nSPS) is 23.5. The van der Waals surface area contributed by atoms with Crippen LogP contribution in [-0.2, 0) is 4.74 Å². The molecule has 0 aromatic carbocycles. The molecule has 1 amide bonds. The highest BCUT2D eigenvalue weighted by atomic mass is 16.6. The first kappa shape index (κ1) is 14.6. The number of ether oxygens (including phenoxy) is 1. The number of hydrogen-bond donors (Lipinski definition) is 0. The fraction of sp³-hybridized carbons (Fsp3) is 0.562. The molecule has 0 N–H and O–H groups in total. The SMILES string of the molecule is CC(C)(C)OC(=O)N1C[C@H]2CN(c3cncc(C#N)c3)[C@H]2C1. The van der Waals surface area contributed by atoms with Crippen LogP contribution in [0.15, 0.2) is 18.5 Å². The quantitative estimate of drug-likeness (QED) is 0.793. The molecule has 116 valence electrons. The lowest BCUT2D eigenvalue weighted by molar-refractivity contribution is 0.0291. The van der Waals surface area contributed by atoms with E-state index in [1.807, 2.05) is 26.8 Å². The van der Waals surface area contributed by atoms with Gasteiger partial charge >= 0.3 is 6.09 Å². The first-order chi connectivity index (χ1) is 10.4. The Morgan fingerprint density at radius 2 is 2.14 bits per heavy atom. The van der Waals surface area contributed by atoms with Gasteiger partial charge in [-0.15, -0.1) is 0 Å². The largest absolute Gasteiger partial charge is 0.444 e. The molecule has 1 aromatic heterocycles. The van der Waals surface area contributed by atoms with Crippen LogP contribution in [0.2, 0.25) is 0 Å². The van der Waals surface area contributed by atoms with Crippen molar-refractivity contribution >= 4 is 11.8 Å². The molecule has 2 aliphatic heterocycles. The van der Waals surface area contributed by atoms with Crippen LogP contribution < -0.4 is 4.90 Å². The summed E-state index contributed by atoms with van der Waals surface area (Å²) in [5.41, 5.74) is 1.04. The summed E-state index contributed by atoms with van der Waals surface area (Å²) in [4.78, 5) is 20.3. The van der Waals surface area contributed by atoms with E-state index in [-0.39, 0.29) is 6.09 Å². The van der Waals surface area contributed by atoms with Gasteiger partial charge in [-0.25, -0.2) is 4.79 Å². The van der Waals surface area contributed by atoms with Crippen molar-refractivity contribution in [2.75, 3.05) is 24.5 Å². The Bertz CT molecular complexity index is 632. The summed E-state index contributed by atoms with van der Waals surface area (Å²) in [5, 5.41) is 8.97. The number of fused-ring (bicyclic) bond motifs is 1. The van der Waals surface area contributed by atoms with Crippen LogP contribution in [0, 0.1) is 17.2 Å². The highest BCUT2D eigenvalue weighted by Gasteiger charge is 2.47. The molecule has 0 bridgehead atoms. The van der Waals surface area contributed by atoms with Gasteiger partial charge in [0, 0.05) is 31.7 Å². The van der Waals surface area contributed by atoms with E-state index in [0.717, 1.165) is 18.8 Å². The van der Waals surface area contributed by atoms with Crippen LogP contribution in [0.5, 0.6) is 0 Å². The van der Waals surface area contributed by atoms with Crippen LogP contribution in [0.4, 0.5) is 10.5 Å². The smallest absolute Gasteiger partial charge is 0.410 e. The minimum Gasteiger partial charge on any atom is -0.444 e. The maximum absolute atomic E-state index is 12.2. The molecule has 22 heavy (non-hydrogen) atoms. The van der Waals surface area contributed by atoms with Crippen molar-refractivity contribution < 1.29 is 9.53 Å². The van der Waals surface area contributed by atoms with Gasteiger partial charge in [-0.1, -0.05) is 0 Å². The van der Waals surface area contributed by atoms with E-state index in [9.17, 15) is 4.79 Å². The summed E-state index contributed by atoms with van der Waals surface area (Å²) in [7, 11) is 0. The van der Waals surface area contributed by atoms with Crippen molar-refractivity contribution in [2.45, 2.75) is 32.4 Å². The third-order valence-corrected chi connectivity index (χ3v) is 4.07. The third-order valence-electron chi connectivity index (χ3n) is 4.07. The Hall–Kier alpha value is -2.29. The maximum atomic E-state index is 12.2. The van der Waals surface area contributed by atoms with Crippen LogP contribution in [0.25, 0.3) is 0 Å². The number of amides is 1. The van der Waals surface area contributed by atoms with Crippen LogP contribution in [0.1, 0.15) is 26.3 Å². The lowest BCUT2D eigenvalue weighted by Gasteiger charge is -2.45. The molecule has 1 aromatic rings. The Kier molecular flexibility index (Phi) is 3.44. The molecule has 6 nitrogen and oxygen atoms in total. The average molecular weight is 300 g/mol. The summed E-state index contributed by atoms with van der Waals surface area (Å²) in [6, 6.07) is 4.25. The zero-order chi connectivity index (χ0) is 15.9. The van der Waals surface area contributed by atoms with E-state index in [1.165, 1.54) is 0 Å². The first-order valence-electron chi connectivity index (χ1n) is 7.47. The minimum absolute atomic E-state index is 0.245. The van der Waals surface area contributed by atoms with Gasteiger partial charge in [-0.3, -0.25) is 4.98 Å². The molecule has 6 heteroatoms. The van der Waals surface area contributed by atoms with Crippen molar-refractivity contribution in [3.8, 4) is 6.07 Å². The lowest BCUT2D eigenvalue weighted by atomic mass is 9.91. The van der Waals surface area contributed by atoms with Gasteiger partial charge < -0.3 is 14.5 Å². The maximum Gasteiger partial charge on any atom is 0.410 e. The molecule has 3 rings (SSSR count). The summed E-state index contributed by atoms with van der Waals surface area (Å²) in [5.74, 6) is 0.471. The molecule has 0 unspecified atom stereocenters. The fourth-order valence-corrected chi connectivity index (χ4v) is 3.06. The van der Waals surface area contributed by atoms with Gasteiger partial charge in [-0.2, -0.15) is 5.26 Å². The lowest BCUT2D eigenvalue weighted by Crippen LogP contribution is -2.55. The molecule has 2 saturated heterocycles. The predicted octanol–water partition coefficient (Wildman–Crippen LogP) is 2.01. The second-order valence-corrected chi connectivity index (χ2v) is 6.91. The number of pyridine rings is 1. The molecule has 2 fully saturated rings. The van der Waals surface area contributed by atoms with E-state index in [4.69, 9.17) is 10.00 Å². The Morgan fingerprint density at radius 1 is 1.36 bits per heavy atom. The van der Waals surface area contributed by atoms with E-state index in [2.05, 4.69) is 16.0 Å². The van der Waals surface area contributed by atoms with Gasteiger partial charge in [0.1, 0.15) is 11.7 Å². The molecule has 0 aliphatic carbocycles. The predicted molar refractivity (Wildman–Crippen MR) is 81.4 cm³/mol. The van der Waals surface area contributed by atoms with E-state index in [1.54, 1.807) is 17.3 Å². The number of aromatic nitrogens is 1. The Balaban J connectivity index is 1.66. The molecule has 2 atom stereocenters. The second kappa shape index (κ2) is 5.16. The van der Waals surface area contributed by atoms with Crippen molar-refractivity contribution in [1.82, 2.24) is 9.88 Å². The van der Waals surface area contributed by atoms with Gasteiger partial charge in [0.15, 0.2) is 0 Å². The van der Waals surface area contributed by atoms with Crippen molar-refractivity contribution in [1.29, 1.82) is 5.26 Å². The van der Waals surface area contributed by atoms with Gasteiger partial charge in [0.25, 0.3) is 0 Å². The molecular weight excluding hydrogens is 280 g/mol. The van der Waals surface area contributed by atoms with Crippen molar-refractivity contribution in [2.24, 2.45) is 5.92 Å². The summed E-state index contributed by atoms with van der Waals surface area (Å²) in [6.07, 6.45) is 3.08. The van der Waals surface area contributed by atoms with Gasteiger partial charge in [0.2, 0.25) is 0 Å². The zero-order valence-electron chi connectivity index (χ0n) is 13.1.